The van der Waals surface area contributed by atoms with Crippen LogP contribution in [0.2, 0.25) is 0 Å². The Morgan fingerprint density at radius 2 is 1.81 bits per heavy atom. The lowest BCUT2D eigenvalue weighted by molar-refractivity contribution is -0.124. The molecule has 1 N–H and O–H groups in total. The van der Waals surface area contributed by atoms with Crippen LogP contribution in [-0.4, -0.2) is 38.7 Å². The largest absolute Gasteiger partial charge is 0.493 e. The van der Waals surface area contributed by atoms with Crippen LogP contribution >= 0.6 is 0 Å². The van der Waals surface area contributed by atoms with Crippen LogP contribution in [0.3, 0.4) is 0 Å². The molecule has 0 atom stereocenters. The summed E-state index contributed by atoms with van der Waals surface area (Å²) in [5, 5.41) is 2.73. The Hall–Kier alpha value is -3.02. The van der Waals surface area contributed by atoms with E-state index >= 15 is 0 Å². The van der Waals surface area contributed by atoms with Crippen LogP contribution in [0.5, 0.6) is 11.5 Å². The van der Waals surface area contributed by atoms with Gasteiger partial charge in [-0.05, 0) is 37.1 Å². The molecular weight excluding hydrogens is 334 g/mol. The Bertz CT molecular complexity index is 730. The highest BCUT2D eigenvalue weighted by atomic mass is 16.5. The SMILES string of the molecule is CCOc1ccc(C(=O)OCC(=O)NCCc2ccccc2)cc1OC. The maximum absolute atomic E-state index is 12.1. The van der Waals surface area contributed by atoms with Gasteiger partial charge in [0.05, 0.1) is 19.3 Å². The number of esters is 1. The molecule has 1 amide bonds. The van der Waals surface area contributed by atoms with E-state index in [0.29, 0.717) is 30.2 Å². The minimum atomic E-state index is -0.593. The minimum Gasteiger partial charge on any atom is -0.493 e. The number of amides is 1. The molecule has 0 heterocycles. The average Bonchev–Trinajstić information content (AvgIpc) is 2.67. The molecule has 0 aliphatic heterocycles. The molecule has 2 rings (SSSR count). The number of rotatable bonds is 9. The smallest absolute Gasteiger partial charge is 0.338 e. The molecule has 0 aliphatic rings. The van der Waals surface area contributed by atoms with Crippen LogP contribution in [0.15, 0.2) is 48.5 Å². The zero-order chi connectivity index (χ0) is 18.8. The molecule has 0 aliphatic carbocycles. The fourth-order valence-electron chi connectivity index (χ4n) is 2.33. The maximum Gasteiger partial charge on any atom is 0.338 e. The van der Waals surface area contributed by atoms with Crippen molar-refractivity contribution in [1.29, 1.82) is 0 Å². The monoisotopic (exact) mass is 357 g/mol. The first-order chi connectivity index (χ1) is 12.6. The summed E-state index contributed by atoms with van der Waals surface area (Å²) >= 11 is 0. The second kappa shape index (κ2) is 10.1. The summed E-state index contributed by atoms with van der Waals surface area (Å²) in [6.45, 7) is 2.50. The van der Waals surface area contributed by atoms with Gasteiger partial charge in [0.25, 0.3) is 5.91 Å². The molecule has 0 aromatic heterocycles. The molecule has 26 heavy (non-hydrogen) atoms. The second-order valence-corrected chi connectivity index (χ2v) is 5.46. The van der Waals surface area contributed by atoms with Gasteiger partial charge in [-0.1, -0.05) is 30.3 Å². The molecule has 0 unspecified atom stereocenters. The lowest BCUT2D eigenvalue weighted by Gasteiger charge is -2.11. The van der Waals surface area contributed by atoms with Crippen LogP contribution in [0.25, 0.3) is 0 Å². The van der Waals surface area contributed by atoms with E-state index < -0.39 is 5.97 Å². The topological polar surface area (TPSA) is 73.9 Å². The Morgan fingerprint density at radius 1 is 1.04 bits per heavy atom. The first-order valence-electron chi connectivity index (χ1n) is 8.42. The molecule has 0 radical (unpaired) electrons. The molecule has 138 valence electrons. The van der Waals surface area contributed by atoms with Gasteiger partial charge in [0.1, 0.15) is 0 Å². The third-order valence-corrected chi connectivity index (χ3v) is 3.61. The molecule has 6 nitrogen and oxygen atoms in total. The summed E-state index contributed by atoms with van der Waals surface area (Å²) in [5.74, 6) is 0.0514. The molecule has 6 heteroatoms. The maximum atomic E-state index is 12.1. The number of hydrogen-bond donors (Lipinski definition) is 1. The summed E-state index contributed by atoms with van der Waals surface area (Å²) in [6.07, 6.45) is 0.719. The Morgan fingerprint density at radius 3 is 2.50 bits per heavy atom. The first kappa shape index (κ1) is 19.3. The summed E-state index contributed by atoms with van der Waals surface area (Å²) in [4.78, 5) is 23.9. The predicted molar refractivity (Wildman–Crippen MR) is 97.6 cm³/mol. The molecule has 2 aromatic rings. The normalized spacial score (nSPS) is 10.1. The highest BCUT2D eigenvalue weighted by Gasteiger charge is 2.13. The van der Waals surface area contributed by atoms with Crippen LogP contribution in [-0.2, 0) is 16.0 Å². The molecule has 0 saturated carbocycles. The Labute approximate surface area is 153 Å². The molecule has 0 fully saturated rings. The molecule has 0 spiro atoms. The van der Waals surface area contributed by atoms with Gasteiger partial charge < -0.3 is 19.5 Å². The second-order valence-electron chi connectivity index (χ2n) is 5.46. The quantitative estimate of drug-likeness (QED) is 0.699. The number of nitrogens with one attached hydrogen (secondary N) is 1. The minimum absolute atomic E-state index is 0.294. The van der Waals surface area contributed by atoms with Crippen LogP contribution < -0.4 is 14.8 Å². The van der Waals surface area contributed by atoms with Gasteiger partial charge in [-0.3, -0.25) is 4.79 Å². The van der Waals surface area contributed by atoms with Gasteiger partial charge in [-0.2, -0.15) is 0 Å². The number of benzene rings is 2. The van der Waals surface area contributed by atoms with Gasteiger partial charge >= 0.3 is 5.97 Å². The van der Waals surface area contributed by atoms with Crippen molar-refractivity contribution in [1.82, 2.24) is 5.32 Å². The highest BCUT2D eigenvalue weighted by molar-refractivity contribution is 5.92. The Kier molecular flexibility index (Phi) is 7.49. The first-order valence-corrected chi connectivity index (χ1v) is 8.42. The van der Waals surface area contributed by atoms with Crippen molar-refractivity contribution in [2.45, 2.75) is 13.3 Å². The van der Waals surface area contributed by atoms with E-state index in [4.69, 9.17) is 14.2 Å². The van der Waals surface area contributed by atoms with E-state index in [2.05, 4.69) is 5.32 Å². The fourth-order valence-corrected chi connectivity index (χ4v) is 2.33. The van der Waals surface area contributed by atoms with Gasteiger partial charge in [0, 0.05) is 6.54 Å². The van der Waals surface area contributed by atoms with Gasteiger partial charge in [-0.15, -0.1) is 0 Å². The molecule has 0 saturated heterocycles. The lowest BCUT2D eigenvalue weighted by atomic mass is 10.1. The van der Waals surface area contributed by atoms with E-state index in [1.54, 1.807) is 12.1 Å². The Balaban J connectivity index is 1.79. The molecular formula is C20H23NO5. The summed E-state index contributed by atoms with van der Waals surface area (Å²) in [6, 6.07) is 14.6. The number of ether oxygens (including phenoxy) is 3. The summed E-state index contributed by atoms with van der Waals surface area (Å²) < 4.78 is 15.6. The van der Waals surface area contributed by atoms with E-state index in [1.165, 1.54) is 13.2 Å². The van der Waals surface area contributed by atoms with Crippen molar-refractivity contribution >= 4 is 11.9 Å². The zero-order valence-electron chi connectivity index (χ0n) is 15.0. The fraction of sp³-hybridized carbons (Fsp3) is 0.300. The highest BCUT2D eigenvalue weighted by Crippen LogP contribution is 2.28. The molecule has 0 bridgehead atoms. The zero-order valence-corrected chi connectivity index (χ0v) is 15.0. The van der Waals surface area contributed by atoms with E-state index in [0.717, 1.165) is 12.0 Å². The summed E-state index contributed by atoms with van der Waals surface area (Å²) in [7, 11) is 1.49. The van der Waals surface area contributed by atoms with Gasteiger partial charge in [0.15, 0.2) is 18.1 Å². The van der Waals surface area contributed by atoms with Crippen LogP contribution in [0.4, 0.5) is 0 Å². The number of methoxy groups -OCH3 is 1. The van der Waals surface area contributed by atoms with Crippen molar-refractivity contribution in [3.8, 4) is 11.5 Å². The van der Waals surface area contributed by atoms with Crippen molar-refractivity contribution in [2.24, 2.45) is 0 Å². The lowest BCUT2D eigenvalue weighted by Crippen LogP contribution is -2.30. The number of carbonyl (C=O) groups excluding carboxylic acids is 2. The predicted octanol–water partition coefficient (Wildman–Crippen LogP) is 2.61. The van der Waals surface area contributed by atoms with E-state index in [1.807, 2.05) is 37.3 Å². The van der Waals surface area contributed by atoms with E-state index in [9.17, 15) is 9.59 Å². The van der Waals surface area contributed by atoms with Crippen LogP contribution in [0.1, 0.15) is 22.8 Å². The third-order valence-electron chi connectivity index (χ3n) is 3.61. The summed E-state index contributed by atoms with van der Waals surface area (Å²) in [5.41, 5.74) is 1.42. The standard InChI is InChI=1S/C20H23NO5/c1-3-25-17-10-9-16(13-18(17)24-2)20(23)26-14-19(22)21-12-11-15-7-5-4-6-8-15/h4-10,13H,3,11-12,14H2,1-2H3,(H,21,22). The van der Waals surface area contributed by atoms with Gasteiger partial charge in [-0.25, -0.2) is 4.79 Å². The number of hydrogen-bond acceptors (Lipinski definition) is 5. The van der Waals surface area contributed by atoms with E-state index in [-0.39, 0.29) is 12.5 Å². The van der Waals surface area contributed by atoms with Crippen molar-refractivity contribution in [2.75, 3.05) is 26.9 Å². The molecule has 2 aromatic carbocycles. The van der Waals surface area contributed by atoms with Crippen molar-refractivity contribution in [3.05, 3.63) is 59.7 Å². The van der Waals surface area contributed by atoms with Crippen molar-refractivity contribution in [3.63, 3.8) is 0 Å². The number of carbonyl (C=O) groups is 2. The van der Waals surface area contributed by atoms with Gasteiger partial charge in [0.2, 0.25) is 0 Å². The van der Waals surface area contributed by atoms with Crippen LogP contribution in [0, 0.1) is 0 Å². The van der Waals surface area contributed by atoms with Crippen molar-refractivity contribution < 1.29 is 23.8 Å². The third kappa shape index (κ3) is 5.81. The average molecular weight is 357 g/mol.